The summed E-state index contributed by atoms with van der Waals surface area (Å²) in [5.74, 6) is -1.62. The van der Waals surface area contributed by atoms with Crippen molar-refractivity contribution in [3.05, 3.63) is 94.8 Å². The monoisotopic (exact) mass is 573 g/mol. The number of hydrogen-bond donors (Lipinski definition) is 1. The molecule has 1 atom stereocenters. The number of rotatable bonds is 12. The largest absolute Gasteiger partial charge is 0.354 e. The van der Waals surface area contributed by atoms with Crippen molar-refractivity contribution in [2.45, 2.75) is 51.1 Å². The Morgan fingerprint density at radius 1 is 1.00 bits per heavy atom. The van der Waals surface area contributed by atoms with E-state index in [1.807, 2.05) is 6.92 Å². The number of halogens is 2. The summed E-state index contributed by atoms with van der Waals surface area (Å²) in [7, 11) is -4.21. The highest BCUT2D eigenvalue weighted by Crippen LogP contribution is 2.31. The van der Waals surface area contributed by atoms with Crippen LogP contribution in [0.15, 0.2) is 77.7 Å². The number of nitrogens with zero attached hydrogens (tertiary/aromatic N) is 2. The molecule has 0 fully saturated rings. The van der Waals surface area contributed by atoms with Crippen LogP contribution in [0.4, 0.5) is 10.1 Å². The van der Waals surface area contributed by atoms with Crippen LogP contribution in [0.2, 0.25) is 5.02 Å². The number of anilines is 1. The Labute approximate surface area is 234 Å². The summed E-state index contributed by atoms with van der Waals surface area (Å²) in [6.45, 7) is 4.78. The normalized spacial score (nSPS) is 12.0. The molecule has 0 spiro atoms. The van der Waals surface area contributed by atoms with E-state index in [1.165, 1.54) is 35.2 Å². The molecule has 0 saturated heterocycles. The highest BCUT2D eigenvalue weighted by molar-refractivity contribution is 7.92. The maximum absolute atomic E-state index is 14.6. The van der Waals surface area contributed by atoms with Crippen molar-refractivity contribution in [1.82, 2.24) is 10.2 Å². The van der Waals surface area contributed by atoms with Crippen molar-refractivity contribution in [2.24, 2.45) is 0 Å². The lowest BCUT2D eigenvalue weighted by Gasteiger charge is -2.32. The summed E-state index contributed by atoms with van der Waals surface area (Å²) in [5, 5.41) is 3.13. The Kier molecular flexibility index (Phi) is 10.5. The van der Waals surface area contributed by atoms with Crippen LogP contribution in [0, 0.1) is 12.7 Å². The first-order valence-electron chi connectivity index (χ1n) is 12.7. The van der Waals surface area contributed by atoms with E-state index in [-0.39, 0.29) is 22.7 Å². The van der Waals surface area contributed by atoms with Crippen molar-refractivity contribution < 1.29 is 22.4 Å². The number of sulfonamides is 1. The summed E-state index contributed by atoms with van der Waals surface area (Å²) in [6.07, 6.45) is 1.63. The highest BCUT2D eigenvalue weighted by atomic mass is 35.5. The van der Waals surface area contributed by atoms with Gasteiger partial charge in [-0.3, -0.25) is 13.9 Å². The zero-order chi connectivity index (χ0) is 28.6. The fraction of sp³-hybridized carbons (Fsp3) is 0.310. The van der Waals surface area contributed by atoms with E-state index >= 15 is 0 Å². The minimum atomic E-state index is -4.21. The lowest BCUT2D eigenvalue weighted by molar-refractivity contribution is -0.139. The Bertz CT molecular complexity index is 1400. The average molecular weight is 574 g/mol. The zero-order valence-electron chi connectivity index (χ0n) is 22.2. The molecule has 1 unspecified atom stereocenters. The number of benzene rings is 3. The zero-order valence-corrected chi connectivity index (χ0v) is 23.8. The van der Waals surface area contributed by atoms with Crippen LogP contribution < -0.4 is 9.62 Å². The standard InChI is InChI=1S/C29H33ClFN3O4S/c1-4-5-18-32-29(36)22(3)33(19-23-12-9-10-16-26(23)31)28(35)20-34(27-17-11-15-25(30)21(27)2)39(37,38)24-13-7-6-8-14-24/h6-17,22H,4-5,18-20H2,1-3H3,(H,32,36). The van der Waals surface area contributed by atoms with Gasteiger partial charge < -0.3 is 10.2 Å². The summed E-state index contributed by atoms with van der Waals surface area (Å²) >= 11 is 6.32. The predicted molar refractivity (Wildman–Crippen MR) is 151 cm³/mol. The van der Waals surface area contributed by atoms with E-state index in [4.69, 9.17) is 11.6 Å². The number of hydrogen-bond acceptors (Lipinski definition) is 4. The number of nitrogens with one attached hydrogen (secondary N) is 1. The van der Waals surface area contributed by atoms with Gasteiger partial charge in [0.25, 0.3) is 10.0 Å². The molecule has 0 saturated carbocycles. The van der Waals surface area contributed by atoms with E-state index in [0.29, 0.717) is 17.1 Å². The van der Waals surface area contributed by atoms with Gasteiger partial charge in [-0.1, -0.05) is 67.4 Å². The minimum absolute atomic E-state index is 0.0109. The molecule has 1 N–H and O–H groups in total. The van der Waals surface area contributed by atoms with Crippen molar-refractivity contribution in [1.29, 1.82) is 0 Å². The number of carbonyl (C=O) groups is 2. The van der Waals surface area contributed by atoms with E-state index in [9.17, 15) is 22.4 Å². The van der Waals surface area contributed by atoms with Crippen LogP contribution >= 0.6 is 11.6 Å². The van der Waals surface area contributed by atoms with Gasteiger partial charge in [-0.15, -0.1) is 0 Å². The lowest BCUT2D eigenvalue weighted by Crippen LogP contribution is -2.51. The van der Waals surface area contributed by atoms with Gasteiger partial charge in [0.2, 0.25) is 11.8 Å². The molecule has 7 nitrogen and oxygen atoms in total. The third-order valence-electron chi connectivity index (χ3n) is 6.41. The van der Waals surface area contributed by atoms with Crippen LogP contribution in [0.3, 0.4) is 0 Å². The topological polar surface area (TPSA) is 86.8 Å². The van der Waals surface area contributed by atoms with E-state index in [2.05, 4.69) is 5.32 Å². The second-order valence-corrected chi connectivity index (χ2v) is 11.4. The fourth-order valence-electron chi connectivity index (χ4n) is 4.03. The van der Waals surface area contributed by atoms with Gasteiger partial charge in [0.15, 0.2) is 0 Å². The maximum atomic E-state index is 14.6. The van der Waals surface area contributed by atoms with Crippen LogP contribution in [-0.2, 0) is 26.2 Å². The first-order chi connectivity index (χ1) is 18.6. The van der Waals surface area contributed by atoms with Crippen LogP contribution in [0.5, 0.6) is 0 Å². The van der Waals surface area contributed by atoms with Gasteiger partial charge in [-0.25, -0.2) is 12.8 Å². The summed E-state index contributed by atoms with van der Waals surface area (Å²) in [6, 6.07) is 17.5. The number of amides is 2. The molecule has 0 aliphatic rings. The fourth-order valence-corrected chi connectivity index (χ4v) is 5.69. The number of carbonyl (C=O) groups excluding carboxylic acids is 2. The Morgan fingerprint density at radius 3 is 2.33 bits per heavy atom. The van der Waals surface area contributed by atoms with Gasteiger partial charge in [0, 0.05) is 23.7 Å². The molecule has 0 heterocycles. The average Bonchev–Trinajstić information content (AvgIpc) is 2.93. The maximum Gasteiger partial charge on any atom is 0.264 e. The van der Waals surface area contributed by atoms with Crippen LogP contribution in [0.1, 0.15) is 37.8 Å². The van der Waals surface area contributed by atoms with E-state index in [1.54, 1.807) is 56.3 Å². The first kappa shape index (κ1) is 30.1. The molecule has 3 aromatic rings. The molecule has 39 heavy (non-hydrogen) atoms. The van der Waals surface area contributed by atoms with Gasteiger partial charge in [-0.05, 0) is 56.2 Å². The molecular weight excluding hydrogens is 541 g/mol. The van der Waals surface area contributed by atoms with Crippen molar-refractivity contribution in [3.63, 3.8) is 0 Å². The highest BCUT2D eigenvalue weighted by Gasteiger charge is 2.33. The molecule has 10 heteroatoms. The Morgan fingerprint density at radius 2 is 1.67 bits per heavy atom. The van der Waals surface area contributed by atoms with Gasteiger partial charge in [-0.2, -0.15) is 0 Å². The van der Waals surface area contributed by atoms with E-state index < -0.39 is 40.2 Å². The van der Waals surface area contributed by atoms with Crippen molar-refractivity contribution >= 4 is 39.1 Å². The molecule has 3 aromatic carbocycles. The Hall–Kier alpha value is -3.43. The molecule has 0 aromatic heterocycles. The van der Waals surface area contributed by atoms with Gasteiger partial charge in [0.1, 0.15) is 18.4 Å². The molecule has 0 bridgehead atoms. The van der Waals surface area contributed by atoms with Crippen LogP contribution in [-0.4, -0.2) is 44.3 Å². The smallest absolute Gasteiger partial charge is 0.264 e. The minimum Gasteiger partial charge on any atom is -0.354 e. The summed E-state index contributed by atoms with van der Waals surface area (Å²) in [4.78, 5) is 28.0. The summed E-state index contributed by atoms with van der Waals surface area (Å²) in [5.41, 5.74) is 0.901. The van der Waals surface area contributed by atoms with Crippen molar-refractivity contribution in [2.75, 3.05) is 17.4 Å². The third-order valence-corrected chi connectivity index (χ3v) is 8.60. The quantitative estimate of drug-likeness (QED) is 0.297. The SMILES string of the molecule is CCCCNC(=O)C(C)N(Cc1ccccc1F)C(=O)CN(c1cccc(Cl)c1C)S(=O)(=O)c1ccccc1. The molecule has 0 aliphatic carbocycles. The lowest BCUT2D eigenvalue weighted by atomic mass is 10.1. The molecule has 3 rings (SSSR count). The van der Waals surface area contributed by atoms with Gasteiger partial charge >= 0.3 is 0 Å². The first-order valence-corrected chi connectivity index (χ1v) is 14.5. The van der Waals surface area contributed by atoms with E-state index in [0.717, 1.165) is 17.1 Å². The summed E-state index contributed by atoms with van der Waals surface area (Å²) < 4.78 is 43.2. The molecule has 2 amide bonds. The molecular formula is C29H33ClFN3O4S. The number of unbranched alkanes of at least 4 members (excludes halogenated alkanes) is 1. The second kappa shape index (κ2) is 13.6. The third kappa shape index (κ3) is 7.36. The molecule has 208 valence electrons. The Balaban J connectivity index is 2.04. The van der Waals surface area contributed by atoms with Crippen molar-refractivity contribution in [3.8, 4) is 0 Å². The molecule has 0 aliphatic heterocycles. The predicted octanol–water partition coefficient (Wildman–Crippen LogP) is 5.32. The van der Waals surface area contributed by atoms with Crippen LogP contribution in [0.25, 0.3) is 0 Å². The van der Waals surface area contributed by atoms with Gasteiger partial charge in [0.05, 0.1) is 10.6 Å². The second-order valence-electron chi connectivity index (χ2n) is 9.14. The molecule has 0 radical (unpaired) electrons.